The van der Waals surface area contributed by atoms with Crippen LogP contribution in [0.5, 0.6) is 0 Å². The fourth-order valence-electron chi connectivity index (χ4n) is 3.48. The fraction of sp³-hybridized carbons (Fsp3) is 0.550. The van der Waals surface area contributed by atoms with Crippen molar-refractivity contribution < 1.29 is 4.79 Å². The average Bonchev–Trinajstić information content (AvgIpc) is 3.20. The van der Waals surface area contributed by atoms with Crippen LogP contribution in [-0.2, 0) is 6.54 Å². The van der Waals surface area contributed by atoms with Gasteiger partial charge in [0.05, 0.1) is 5.56 Å². The summed E-state index contributed by atoms with van der Waals surface area (Å²) in [6, 6.07) is 5.98. The molecule has 7 heteroatoms. The molecule has 3 heterocycles. The van der Waals surface area contributed by atoms with Crippen LogP contribution >= 0.6 is 0 Å². The van der Waals surface area contributed by atoms with Crippen LogP contribution in [0.15, 0.2) is 36.8 Å². The van der Waals surface area contributed by atoms with Crippen LogP contribution < -0.4 is 5.32 Å². The van der Waals surface area contributed by atoms with E-state index in [0.29, 0.717) is 5.56 Å². The van der Waals surface area contributed by atoms with E-state index in [-0.39, 0.29) is 11.9 Å². The van der Waals surface area contributed by atoms with Gasteiger partial charge in [0.2, 0.25) is 0 Å². The molecule has 3 rings (SSSR count). The molecule has 1 aliphatic heterocycles. The van der Waals surface area contributed by atoms with Gasteiger partial charge in [-0.2, -0.15) is 5.10 Å². The smallest absolute Gasteiger partial charge is 0.255 e. The predicted octanol–water partition coefficient (Wildman–Crippen LogP) is 2.34. The lowest BCUT2D eigenvalue weighted by atomic mass is 9.98. The van der Waals surface area contributed by atoms with Crippen molar-refractivity contribution in [1.82, 2.24) is 24.6 Å². The van der Waals surface area contributed by atoms with Gasteiger partial charge in [-0.25, -0.2) is 4.98 Å². The van der Waals surface area contributed by atoms with E-state index < -0.39 is 0 Å². The lowest BCUT2D eigenvalue weighted by Gasteiger charge is -2.36. The van der Waals surface area contributed by atoms with Crippen molar-refractivity contribution >= 4 is 11.7 Å². The van der Waals surface area contributed by atoms with E-state index in [1.165, 1.54) is 6.42 Å². The molecule has 0 radical (unpaired) electrons. The first-order valence-electron chi connectivity index (χ1n) is 9.76. The van der Waals surface area contributed by atoms with E-state index >= 15 is 0 Å². The molecular weight excluding hydrogens is 340 g/mol. The number of carbonyl (C=O) groups excluding carboxylic acids is 1. The van der Waals surface area contributed by atoms with Gasteiger partial charge in [-0.15, -0.1) is 0 Å². The second-order valence-electron chi connectivity index (χ2n) is 7.37. The molecule has 0 aromatic carbocycles. The first-order chi connectivity index (χ1) is 13.1. The number of aromatic nitrogens is 3. The fourth-order valence-corrected chi connectivity index (χ4v) is 3.48. The summed E-state index contributed by atoms with van der Waals surface area (Å²) in [5.74, 6) is 0.898. The van der Waals surface area contributed by atoms with Gasteiger partial charge in [0.1, 0.15) is 5.82 Å². The number of amides is 1. The van der Waals surface area contributed by atoms with Crippen molar-refractivity contribution in [2.75, 3.05) is 39.0 Å². The minimum atomic E-state index is 0.0903. The van der Waals surface area contributed by atoms with Crippen molar-refractivity contribution in [2.45, 2.75) is 38.3 Å². The predicted molar refractivity (Wildman–Crippen MR) is 107 cm³/mol. The zero-order valence-electron chi connectivity index (χ0n) is 16.3. The summed E-state index contributed by atoms with van der Waals surface area (Å²) in [5.41, 5.74) is 0.666. The second kappa shape index (κ2) is 9.50. The Balaban J connectivity index is 1.58. The van der Waals surface area contributed by atoms with Crippen molar-refractivity contribution in [1.29, 1.82) is 0 Å². The van der Waals surface area contributed by atoms with E-state index in [2.05, 4.69) is 20.3 Å². The number of nitrogens with zero attached hydrogens (tertiary/aromatic N) is 5. The molecule has 1 atom stereocenters. The number of pyridine rings is 1. The highest BCUT2D eigenvalue weighted by Crippen LogP contribution is 2.22. The van der Waals surface area contributed by atoms with Gasteiger partial charge in [-0.1, -0.05) is 0 Å². The van der Waals surface area contributed by atoms with Crippen LogP contribution in [0.3, 0.4) is 0 Å². The van der Waals surface area contributed by atoms with Crippen LogP contribution in [0.25, 0.3) is 0 Å². The van der Waals surface area contributed by atoms with E-state index in [9.17, 15) is 4.79 Å². The quantitative estimate of drug-likeness (QED) is 0.773. The number of nitrogens with one attached hydrogen (secondary N) is 1. The lowest BCUT2D eigenvalue weighted by molar-refractivity contribution is 0.0593. The molecular formula is C20H30N6O. The maximum Gasteiger partial charge on any atom is 0.255 e. The Morgan fingerprint density at radius 1 is 1.33 bits per heavy atom. The number of anilines is 1. The van der Waals surface area contributed by atoms with E-state index in [1.807, 2.05) is 48.1 Å². The minimum Gasteiger partial charge on any atom is -0.369 e. The molecule has 1 unspecified atom stereocenters. The molecule has 2 aromatic heterocycles. The number of likely N-dealkylation sites (tertiary alicyclic amines) is 1. The van der Waals surface area contributed by atoms with E-state index in [1.54, 1.807) is 12.4 Å². The number of likely N-dealkylation sites (N-methyl/N-ethyl adjacent to an activating group) is 1. The summed E-state index contributed by atoms with van der Waals surface area (Å²) >= 11 is 0. The molecule has 146 valence electrons. The number of aryl methyl sites for hydroxylation is 1. The number of rotatable bonds is 8. The molecule has 27 heavy (non-hydrogen) atoms. The summed E-state index contributed by atoms with van der Waals surface area (Å²) < 4.78 is 1.94. The van der Waals surface area contributed by atoms with Crippen LogP contribution in [-0.4, -0.2) is 70.2 Å². The highest BCUT2D eigenvalue weighted by atomic mass is 16.2. The first kappa shape index (κ1) is 19.4. The third-order valence-corrected chi connectivity index (χ3v) is 5.01. The Labute approximate surface area is 161 Å². The molecule has 1 fully saturated rings. The topological polar surface area (TPSA) is 66.3 Å². The van der Waals surface area contributed by atoms with Crippen molar-refractivity contribution in [3.63, 3.8) is 0 Å². The molecule has 0 aliphatic carbocycles. The summed E-state index contributed by atoms with van der Waals surface area (Å²) in [5, 5.41) is 7.55. The van der Waals surface area contributed by atoms with Crippen LogP contribution in [0, 0.1) is 0 Å². The standard InChI is InChI=1S/C20H30N6O/c1-24(2)15-11-21-19-8-7-17(16-22-19)20(27)26-13-4-3-6-18(26)9-14-25-12-5-10-23-25/h5,7-8,10,12,16,18H,3-4,6,9,11,13-15H2,1-2H3,(H,21,22). The number of hydrogen-bond donors (Lipinski definition) is 1. The van der Waals surface area contributed by atoms with Gasteiger partial charge >= 0.3 is 0 Å². The first-order valence-corrected chi connectivity index (χ1v) is 9.76. The number of piperidine rings is 1. The van der Waals surface area contributed by atoms with Gasteiger partial charge in [0.25, 0.3) is 5.91 Å². The molecule has 2 aromatic rings. The van der Waals surface area contributed by atoms with Crippen molar-refractivity contribution in [2.24, 2.45) is 0 Å². The summed E-state index contributed by atoms with van der Waals surface area (Å²) in [7, 11) is 4.08. The largest absolute Gasteiger partial charge is 0.369 e. The molecule has 1 aliphatic rings. The Kier molecular flexibility index (Phi) is 6.81. The maximum absolute atomic E-state index is 13.0. The normalized spacial score (nSPS) is 17.3. The molecule has 0 bridgehead atoms. The number of carbonyl (C=O) groups is 1. The molecule has 1 amide bonds. The summed E-state index contributed by atoms with van der Waals surface area (Å²) in [4.78, 5) is 21.6. The van der Waals surface area contributed by atoms with E-state index in [4.69, 9.17) is 0 Å². The molecule has 1 saturated heterocycles. The average molecular weight is 371 g/mol. The molecule has 0 saturated carbocycles. The zero-order valence-corrected chi connectivity index (χ0v) is 16.3. The van der Waals surface area contributed by atoms with Crippen LogP contribution in [0.4, 0.5) is 5.82 Å². The second-order valence-corrected chi connectivity index (χ2v) is 7.37. The van der Waals surface area contributed by atoms with Crippen molar-refractivity contribution in [3.05, 3.63) is 42.4 Å². The van der Waals surface area contributed by atoms with Gasteiger partial charge in [0.15, 0.2) is 0 Å². The molecule has 0 spiro atoms. The number of hydrogen-bond acceptors (Lipinski definition) is 5. The Morgan fingerprint density at radius 2 is 2.22 bits per heavy atom. The summed E-state index contributed by atoms with van der Waals surface area (Å²) in [6.07, 6.45) is 9.71. The highest BCUT2D eigenvalue weighted by Gasteiger charge is 2.27. The minimum absolute atomic E-state index is 0.0903. The highest BCUT2D eigenvalue weighted by molar-refractivity contribution is 5.94. The van der Waals surface area contributed by atoms with Gasteiger partial charge in [-0.3, -0.25) is 9.48 Å². The van der Waals surface area contributed by atoms with Crippen LogP contribution in [0.2, 0.25) is 0 Å². The monoisotopic (exact) mass is 370 g/mol. The third kappa shape index (κ3) is 5.53. The van der Waals surface area contributed by atoms with Gasteiger partial charge in [-0.05, 0) is 58.0 Å². The van der Waals surface area contributed by atoms with Gasteiger partial charge < -0.3 is 15.1 Å². The van der Waals surface area contributed by atoms with Crippen molar-refractivity contribution in [3.8, 4) is 0 Å². The summed E-state index contributed by atoms with van der Waals surface area (Å²) in [6.45, 7) is 3.43. The Morgan fingerprint density at radius 3 is 2.93 bits per heavy atom. The maximum atomic E-state index is 13.0. The lowest BCUT2D eigenvalue weighted by Crippen LogP contribution is -2.44. The Bertz CT molecular complexity index is 698. The molecule has 1 N–H and O–H groups in total. The SMILES string of the molecule is CN(C)CCNc1ccc(C(=O)N2CCCCC2CCn2cccn2)cn1. The Hall–Kier alpha value is -2.41. The van der Waals surface area contributed by atoms with Crippen LogP contribution in [0.1, 0.15) is 36.0 Å². The zero-order chi connectivity index (χ0) is 19.1. The van der Waals surface area contributed by atoms with E-state index in [0.717, 1.165) is 51.3 Å². The molecule has 7 nitrogen and oxygen atoms in total. The third-order valence-electron chi connectivity index (χ3n) is 5.01. The van der Waals surface area contributed by atoms with Gasteiger partial charge in [0, 0.05) is 50.8 Å².